The van der Waals surface area contributed by atoms with Crippen LogP contribution in [-0.4, -0.2) is 24.8 Å². The summed E-state index contributed by atoms with van der Waals surface area (Å²) in [5.74, 6) is -0.531. The molecule has 0 aromatic heterocycles. The molecule has 0 heterocycles. The van der Waals surface area contributed by atoms with Crippen LogP contribution in [-0.2, 0) is 19.1 Å². The second kappa shape index (κ2) is 4.60. The third-order valence-electron chi connectivity index (χ3n) is 1.59. The lowest BCUT2D eigenvalue weighted by atomic mass is 10.1. The van der Waals surface area contributed by atoms with Crippen molar-refractivity contribution in [1.29, 1.82) is 0 Å². The first kappa shape index (κ1) is 10.5. The van der Waals surface area contributed by atoms with Crippen molar-refractivity contribution in [2.45, 2.75) is 13.8 Å². The van der Waals surface area contributed by atoms with Crippen LogP contribution in [0, 0.1) is 0 Å². The Labute approximate surface area is 82.2 Å². The molecule has 14 heavy (non-hydrogen) atoms. The largest absolute Gasteiger partial charge is 0.489 e. The van der Waals surface area contributed by atoms with Gasteiger partial charge in [-0.2, -0.15) is 0 Å². The van der Waals surface area contributed by atoms with Crippen LogP contribution in [0.25, 0.3) is 0 Å². The van der Waals surface area contributed by atoms with Gasteiger partial charge in [0.1, 0.15) is 0 Å². The molecule has 0 aliphatic heterocycles. The summed E-state index contributed by atoms with van der Waals surface area (Å²) in [5.41, 5.74) is 0. The lowest BCUT2D eigenvalue weighted by molar-refractivity contribution is -0.121. The molecule has 1 aliphatic rings. The smallest absolute Gasteiger partial charge is 0.262 e. The summed E-state index contributed by atoms with van der Waals surface area (Å²) < 4.78 is 10.0. The summed E-state index contributed by atoms with van der Waals surface area (Å²) in [5, 5.41) is 0. The van der Waals surface area contributed by atoms with E-state index < -0.39 is 0 Å². The Balaban J connectivity index is 2.83. The first-order chi connectivity index (χ1) is 6.69. The lowest BCUT2D eigenvalue weighted by Crippen LogP contribution is -2.18. The molecule has 0 unspecified atom stereocenters. The number of hydrogen-bond donors (Lipinski definition) is 0. The Bertz CT molecular complexity index is 284. The Kier molecular flexibility index (Phi) is 3.45. The standard InChI is InChI=1S/C10H12O4/c1-3-13-8-5-7(11)6-9(10(8)12)14-4-2/h5-6H,3-4H2,1-2H3. The van der Waals surface area contributed by atoms with Crippen molar-refractivity contribution in [2.75, 3.05) is 13.2 Å². The average molecular weight is 196 g/mol. The maximum atomic E-state index is 11.5. The minimum atomic E-state index is -0.367. The van der Waals surface area contributed by atoms with Crippen molar-refractivity contribution in [3.63, 3.8) is 0 Å². The SMILES string of the molecule is CCOC1=CC(=O)C=C(OCC)C1=O. The minimum absolute atomic E-state index is 0.0588. The van der Waals surface area contributed by atoms with E-state index in [9.17, 15) is 9.59 Å². The summed E-state index contributed by atoms with van der Waals surface area (Å²) >= 11 is 0. The van der Waals surface area contributed by atoms with Crippen LogP contribution in [0.4, 0.5) is 0 Å². The van der Waals surface area contributed by atoms with Gasteiger partial charge >= 0.3 is 0 Å². The van der Waals surface area contributed by atoms with Gasteiger partial charge in [0.2, 0.25) is 0 Å². The van der Waals surface area contributed by atoms with E-state index in [4.69, 9.17) is 9.47 Å². The van der Waals surface area contributed by atoms with Gasteiger partial charge in [-0.1, -0.05) is 0 Å². The number of hydrogen-bond acceptors (Lipinski definition) is 4. The van der Waals surface area contributed by atoms with Crippen LogP contribution >= 0.6 is 0 Å². The molecule has 1 rings (SSSR count). The van der Waals surface area contributed by atoms with Crippen LogP contribution < -0.4 is 0 Å². The van der Waals surface area contributed by atoms with E-state index in [1.807, 2.05) is 0 Å². The first-order valence-electron chi connectivity index (χ1n) is 4.46. The van der Waals surface area contributed by atoms with Gasteiger partial charge in [0, 0.05) is 12.2 Å². The molecular formula is C10H12O4. The van der Waals surface area contributed by atoms with E-state index in [-0.39, 0.29) is 23.1 Å². The van der Waals surface area contributed by atoms with Gasteiger partial charge in [0.05, 0.1) is 13.2 Å². The van der Waals surface area contributed by atoms with Gasteiger partial charge in [-0.05, 0) is 13.8 Å². The first-order valence-corrected chi connectivity index (χ1v) is 4.46. The van der Waals surface area contributed by atoms with E-state index in [0.717, 1.165) is 0 Å². The van der Waals surface area contributed by atoms with Crippen molar-refractivity contribution < 1.29 is 19.1 Å². The van der Waals surface area contributed by atoms with Crippen LogP contribution in [0.1, 0.15) is 13.8 Å². The summed E-state index contributed by atoms with van der Waals surface area (Å²) in [6.07, 6.45) is 2.35. The Hall–Kier alpha value is -1.58. The fraction of sp³-hybridized carbons (Fsp3) is 0.400. The van der Waals surface area contributed by atoms with Gasteiger partial charge in [-0.3, -0.25) is 9.59 Å². The van der Waals surface area contributed by atoms with Gasteiger partial charge in [-0.25, -0.2) is 0 Å². The summed E-state index contributed by atoms with van der Waals surface area (Å²) in [6, 6.07) is 0. The fourth-order valence-corrected chi connectivity index (χ4v) is 1.08. The van der Waals surface area contributed by atoms with Crippen LogP contribution in [0.2, 0.25) is 0 Å². The highest BCUT2D eigenvalue weighted by Gasteiger charge is 2.23. The van der Waals surface area contributed by atoms with E-state index in [1.54, 1.807) is 13.8 Å². The second-order valence-electron chi connectivity index (χ2n) is 2.61. The molecule has 0 bridgehead atoms. The zero-order valence-electron chi connectivity index (χ0n) is 8.20. The molecular weight excluding hydrogens is 184 g/mol. The van der Waals surface area contributed by atoms with Gasteiger partial charge in [0.25, 0.3) is 5.78 Å². The minimum Gasteiger partial charge on any atom is -0.489 e. The highest BCUT2D eigenvalue weighted by molar-refractivity contribution is 6.18. The molecule has 0 radical (unpaired) electrons. The van der Waals surface area contributed by atoms with Gasteiger partial charge in [0.15, 0.2) is 17.3 Å². The predicted octanol–water partition coefficient (Wildman–Crippen LogP) is 0.979. The normalized spacial score (nSPS) is 16.1. The molecule has 1 aliphatic carbocycles. The molecule has 0 saturated carbocycles. The number of carbonyl (C=O) groups is 2. The van der Waals surface area contributed by atoms with Crippen molar-refractivity contribution in [3.05, 3.63) is 23.7 Å². The molecule has 76 valence electrons. The summed E-state index contributed by atoms with van der Waals surface area (Å²) in [6.45, 7) is 4.20. The lowest BCUT2D eigenvalue weighted by Gasteiger charge is -2.13. The number of carbonyl (C=O) groups excluding carboxylic acids is 2. The van der Waals surface area contributed by atoms with Crippen molar-refractivity contribution >= 4 is 11.6 Å². The molecule has 0 atom stereocenters. The molecule has 0 aromatic carbocycles. The van der Waals surface area contributed by atoms with Crippen molar-refractivity contribution in [1.82, 2.24) is 0 Å². The molecule has 4 nitrogen and oxygen atoms in total. The molecule has 0 spiro atoms. The zero-order valence-corrected chi connectivity index (χ0v) is 8.20. The summed E-state index contributed by atoms with van der Waals surface area (Å²) in [7, 11) is 0. The van der Waals surface area contributed by atoms with E-state index >= 15 is 0 Å². The maximum absolute atomic E-state index is 11.5. The Morgan fingerprint density at radius 1 is 1.00 bits per heavy atom. The number of Topliss-reactive ketones (excluding diaryl/α,β-unsaturated/α-hetero) is 1. The van der Waals surface area contributed by atoms with Crippen LogP contribution in [0.15, 0.2) is 23.7 Å². The predicted molar refractivity (Wildman–Crippen MR) is 49.4 cm³/mol. The topological polar surface area (TPSA) is 52.6 Å². The number of ketones is 2. The monoisotopic (exact) mass is 196 g/mol. The molecule has 0 amide bonds. The quantitative estimate of drug-likeness (QED) is 0.629. The summed E-state index contributed by atoms with van der Waals surface area (Å²) in [4.78, 5) is 22.6. The number of allylic oxidation sites excluding steroid dienone is 2. The third kappa shape index (κ3) is 2.22. The molecule has 0 saturated heterocycles. The zero-order chi connectivity index (χ0) is 10.6. The Morgan fingerprint density at radius 2 is 1.43 bits per heavy atom. The van der Waals surface area contributed by atoms with Crippen molar-refractivity contribution in [3.8, 4) is 0 Å². The molecule has 4 heteroatoms. The second-order valence-corrected chi connectivity index (χ2v) is 2.61. The highest BCUT2D eigenvalue weighted by Crippen LogP contribution is 2.14. The van der Waals surface area contributed by atoms with E-state index in [2.05, 4.69) is 0 Å². The van der Waals surface area contributed by atoms with E-state index in [1.165, 1.54) is 12.2 Å². The van der Waals surface area contributed by atoms with Gasteiger partial charge in [-0.15, -0.1) is 0 Å². The molecule has 0 N–H and O–H groups in total. The highest BCUT2D eigenvalue weighted by atomic mass is 16.5. The Morgan fingerprint density at radius 3 is 1.79 bits per heavy atom. The number of ether oxygens (including phenoxy) is 2. The average Bonchev–Trinajstić information content (AvgIpc) is 2.14. The maximum Gasteiger partial charge on any atom is 0.262 e. The third-order valence-corrected chi connectivity index (χ3v) is 1.59. The van der Waals surface area contributed by atoms with Crippen LogP contribution in [0.5, 0.6) is 0 Å². The van der Waals surface area contributed by atoms with Crippen LogP contribution in [0.3, 0.4) is 0 Å². The van der Waals surface area contributed by atoms with Crippen molar-refractivity contribution in [2.24, 2.45) is 0 Å². The fourth-order valence-electron chi connectivity index (χ4n) is 1.08. The molecule has 0 aromatic rings. The van der Waals surface area contributed by atoms with E-state index in [0.29, 0.717) is 13.2 Å². The molecule has 0 fully saturated rings. The van der Waals surface area contributed by atoms with Gasteiger partial charge < -0.3 is 9.47 Å². The number of rotatable bonds is 4.